The molecule has 1 aromatic rings. The SMILES string of the molecule is NN1C=c2ncccc2=CC1. The summed E-state index contributed by atoms with van der Waals surface area (Å²) in [6.07, 6.45) is 5.67. The van der Waals surface area contributed by atoms with E-state index in [-0.39, 0.29) is 0 Å². The van der Waals surface area contributed by atoms with Crippen LogP contribution >= 0.6 is 0 Å². The molecule has 1 aromatic heterocycles. The highest BCUT2D eigenvalue weighted by molar-refractivity contribution is 5.34. The van der Waals surface area contributed by atoms with E-state index in [1.165, 1.54) is 0 Å². The summed E-state index contributed by atoms with van der Waals surface area (Å²) in [5.41, 5.74) is 0. The lowest BCUT2D eigenvalue weighted by atomic mass is 10.3. The maximum absolute atomic E-state index is 5.56. The number of hydrazine groups is 1. The number of aromatic nitrogens is 1. The van der Waals surface area contributed by atoms with Gasteiger partial charge in [0.2, 0.25) is 0 Å². The van der Waals surface area contributed by atoms with Crippen LogP contribution in [0.3, 0.4) is 0 Å². The van der Waals surface area contributed by atoms with E-state index in [4.69, 9.17) is 5.84 Å². The van der Waals surface area contributed by atoms with Crippen molar-refractivity contribution in [2.45, 2.75) is 0 Å². The van der Waals surface area contributed by atoms with Gasteiger partial charge in [0.25, 0.3) is 0 Å². The van der Waals surface area contributed by atoms with Gasteiger partial charge in [-0.1, -0.05) is 12.1 Å². The van der Waals surface area contributed by atoms with Crippen molar-refractivity contribution >= 4 is 12.3 Å². The van der Waals surface area contributed by atoms with Crippen LogP contribution in [-0.4, -0.2) is 16.5 Å². The minimum atomic E-state index is 0.763. The summed E-state index contributed by atoms with van der Waals surface area (Å²) >= 11 is 0. The maximum atomic E-state index is 5.56. The summed E-state index contributed by atoms with van der Waals surface area (Å²) in [6, 6.07) is 3.96. The smallest absolute Gasteiger partial charge is 0.0872 e. The Morgan fingerprint density at radius 3 is 3.36 bits per heavy atom. The number of pyridine rings is 1. The molecule has 0 saturated carbocycles. The van der Waals surface area contributed by atoms with Crippen LogP contribution in [0.5, 0.6) is 0 Å². The van der Waals surface area contributed by atoms with Crippen molar-refractivity contribution in [1.29, 1.82) is 0 Å². The van der Waals surface area contributed by atoms with Gasteiger partial charge in [-0.05, 0) is 11.3 Å². The molecule has 1 aliphatic heterocycles. The Morgan fingerprint density at radius 1 is 1.55 bits per heavy atom. The van der Waals surface area contributed by atoms with Crippen LogP contribution in [0.4, 0.5) is 0 Å². The lowest BCUT2D eigenvalue weighted by molar-refractivity contribution is 0.486. The molecule has 2 heterocycles. The number of nitrogens with zero attached hydrogens (tertiary/aromatic N) is 2. The van der Waals surface area contributed by atoms with Gasteiger partial charge in [0.1, 0.15) is 0 Å². The molecule has 11 heavy (non-hydrogen) atoms. The van der Waals surface area contributed by atoms with E-state index in [2.05, 4.69) is 11.1 Å². The van der Waals surface area contributed by atoms with Crippen LogP contribution in [-0.2, 0) is 0 Å². The van der Waals surface area contributed by atoms with Crippen LogP contribution in [0.15, 0.2) is 18.3 Å². The minimum Gasteiger partial charge on any atom is -0.312 e. The van der Waals surface area contributed by atoms with Gasteiger partial charge in [0.05, 0.1) is 11.9 Å². The van der Waals surface area contributed by atoms with E-state index < -0.39 is 0 Å². The molecule has 0 spiro atoms. The fraction of sp³-hybridized carbons (Fsp3) is 0.125. The first-order valence-electron chi connectivity index (χ1n) is 3.51. The molecule has 0 amide bonds. The van der Waals surface area contributed by atoms with Gasteiger partial charge in [-0.2, -0.15) is 0 Å². The second-order valence-corrected chi connectivity index (χ2v) is 2.51. The average molecular weight is 147 g/mol. The highest BCUT2D eigenvalue weighted by Crippen LogP contribution is 1.82. The van der Waals surface area contributed by atoms with Gasteiger partial charge in [0, 0.05) is 12.4 Å². The van der Waals surface area contributed by atoms with Crippen LogP contribution < -0.4 is 16.4 Å². The highest BCUT2D eigenvalue weighted by Gasteiger charge is 1.95. The fourth-order valence-corrected chi connectivity index (χ4v) is 1.12. The normalized spacial score (nSPS) is 14.8. The molecule has 0 unspecified atom stereocenters. The number of rotatable bonds is 0. The topological polar surface area (TPSA) is 42.1 Å². The fourth-order valence-electron chi connectivity index (χ4n) is 1.12. The van der Waals surface area contributed by atoms with Crippen LogP contribution in [0.25, 0.3) is 12.3 Å². The zero-order valence-corrected chi connectivity index (χ0v) is 6.07. The Balaban J connectivity index is 2.73. The lowest BCUT2D eigenvalue weighted by Crippen LogP contribution is -2.39. The van der Waals surface area contributed by atoms with E-state index in [0.717, 1.165) is 17.1 Å². The molecule has 2 N–H and O–H groups in total. The Kier molecular flexibility index (Phi) is 1.36. The molecule has 0 saturated heterocycles. The summed E-state index contributed by atoms with van der Waals surface area (Å²) in [4.78, 5) is 4.16. The summed E-state index contributed by atoms with van der Waals surface area (Å²) in [5.74, 6) is 5.56. The van der Waals surface area contributed by atoms with Gasteiger partial charge >= 0.3 is 0 Å². The third-order valence-electron chi connectivity index (χ3n) is 1.68. The number of hydrogen-bond donors (Lipinski definition) is 1. The third kappa shape index (κ3) is 1.10. The van der Waals surface area contributed by atoms with Crippen molar-refractivity contribution in [2.24, 2.45) is 5.84 Å². The Bertz CT molecular complexity index is 369. The van der Waals surface area contributed by atoms with E-state index in [1.54, 1.807) is 11.2 Å². The molecule has 2 rings (SSSR count). The van der Waals surface area contributed by atoms with E-state index in [0.29, 0.717) is 0 Å². The third-order valence-corrected chi connectivity index (χ3v) is 1.68. The highest BCUT2D eigenvalue weighted by atomic mass is 15.4. The molecule has 0 bridgehead atoms. The van der Waals surface area contributed by atoms with Gasteiger partial charge in [-0.25, -0.2) is 5.84 Å². The van der Waals surface area contributed by atoms with E-state index in [1.807, 2.05) is 18.3 Å². The molecular formula is C8H9N3. The molecule has 0 fully saturated rings. The first-order chi connectivity index (χ1) is 5.36. The molecule has 3 nitrogen and oxygen atoms in total. The van der Waals surface area contributed by atoms with Gasteiger partial charge in [-0.3, -0.25) is 4.98 Å². The standard InChI is InChI=1S/C8H9N3/c9-11-5-3-7-2-1-4-10-8(7)6-11/h1-4,6H,5,9H2. The number of fused-ring (bicyclic) bond motifs is 1. The Hall–Kier alpha value is -1.35. The van der Waals surface area contributed by atoms with Gasteiger partial charge < -0.3 is 5.01 Å². The monoisotopic (exact) mass is 147 g/mol. The Labute approximate surface area is 64.4 Å². The first-order valence-corrected chi connectivity index (χ1v) is 3.51. The summed E-state index contributed by atoms with van der Waals surface area (Å²) in [7, 11) is 0. The van der Waals surface area contributed by atoms with Crippen molar-refractivity contribution in [1.82, 2.24) is 9.99 Å². The molecular weight excluding hydrogens is 138 g/mol. The zero-order valence-electron chi connectivity index (χ0n) is 6.07. The molecule has 3 heteroatoms. The predicted octanol–water partition coefficient (Wildman–Crippen LogP) is -1.21. The van der Waals surface area contributed by atoms with Crippen LogP contribution in [0, 0.1) is 0 Å². The second-order valence-electron chi connectivity index (χ2n) is 2.51. The summed E-state index contributed by atoms with van der Waals surface area (Å²) < 4.78 is 0. The van der Waals surface area contributed by atoms with Crippen molar-refractivity contribution in [3.05, 3.63) is 28.9 Å². The Morgan fingerprint density at radius 2 is 2.45 bits per heavy atom. The lowest BCUT2D eigenvalue weighted by Gasteiger charge is -2.12. The zero-order chi connectivity index (χ0) is 7.68. The van der Waals surface area contributed by atoms with E-state index >= 15 is 0 Å². The van der Waals surface area contributed by atoms with Crippen LogP contribution in [0.1, 0.15) is 0 Å². The van der Waals surface area contributed by atoms with E-state index in [9.17, 15) is 0 Å². The first kappa shape index (κ1) is 6.37. The molecule has 0 radical (unpaired) electrons. The predicted molar refractivity (Wildman–Crippen MR) is 43.3 cm³/mol. The van der Waals surface area contributed by atoms with Crippen LogP contribution in [0.2, 0.25) is 0 Å². The molecule has 1 aliphatic rings. The van der Waals surface area contributed by atoms with Crippen molar-refractivity contribution in [3.63, 3.8) is 0 Å². The number of nitrogens with two attached hydrogens (primary N) is 1. The van der Waals surface area contributed by atoms with Crippen molar-refractivity contribution in [3.8, 4) is 0 Å². The molecule has 56 valence electrons. The quantitative estimate of drug-likeness (QED) is 0.468. The average Bonchev–Trinajstić information content (AvgIpc) is 2.04. The van der Waals surface area contributed by atoms with Crippen molar-refractivity contribution < 1.29 is 0 Å². The summed E-state index contributed by atoms with van der Waals surface area (Å²) in [6.45, 7) is 0.763. The maximum Gasteiger partial charge on any atom is 0.0872 e. The van der Waals surface area contributed by atoms with Gasteiger partial charge in [0.15, 0.2) is 0 Å². The number of hydrogen-bond acceptors (Lipinski definition) is 3. The largest absolute Gasteiger partial charge is 0.312 e. The van der Waals surface area contributed by atoms with Crippen molar-refractivity contribution in [2.75, 3.05) is 6.54 Å². The molecule has 0 aliphatic carbocycles. The molecule has 0 aromatic carbocycles. The second kappa shape index (κ2) is 2.36. The molecule has 0 atom stereocenters. The van der Waals surface area contributed by atoms with Gasteiger partial charge in [-0.15, -0.1) is 0 Å². The minimum absolute atomic E-state index is 0.763. The summed E-state index contributed by atoms with van der Waals surface area (Å²) in [5, 5.41) is 3.73.